The van der Waals surface area contributed by atoms with E-state index in [9.17, 15) is 9.90 Å². The molecular formula is C25H19ClN2O2. The summed E-state index contributed by atoms with van der Waals surface area (Å²) in [4.78, 5) is 13.9. The Bertz CT molecular complexity index is 1460. The van der Waals surface area contributed by atoms with E-state index < -0.39 is 0 Å². The summed E-state index contributed by atoms with van der Waals surface area (Å²) in [5.74, 6) is -0.0115. The van der Waals surface area contributed by atoms with Gasteiger partial charge in [-0.25, -0.2) is 0 Å². The average Bonchev–Trinajstić information content (AvgIpc) is 3.25. The second kappa shape index (κ2) is 6.78. The maximum absolute atomic E-state index is 13.9. The van der Waals surface area contributed by atoms with Crippen molar-refractivity contribution in [2.75, 3.05) is 0 Å². The smallest absolute Gasteiger partial charge is 0.212 e. The number of rotatable bonds is 3. The first-order valence-corrected chi connectivity index (χ1v) is 10.00. The number of aryl methyl sites for hydroxylation is 2. The van der Waals surface area contributed by atoms with Gasteiger partial charge in [0.05, 0.1) is 5.69 Å². The summed E-state index contributed by atoms with van der Waals surface area (Å²) in [6.07, 6.45) is 1.87. The molecule has 0 atom stereocenters. The Labute approximate surface area is 178 Å². The van der Waals surface area contributed by atoms with Crippen LogP contribution < -0.4 is 0 Å². The van der Waals surface area contributed by atoms with Crippen LogP contribution >= 0.6 is 11.6 Å². The molecule has 5 heteroatoms. The van der Waals surface area contributed by atoms with Gasteiger partial charge in [-0.05, 0) is 30.3 Å². The fourth-order valence-electron chi connectivity index (χ4n) is 4.29. The molecule has 3 aromatic carbocycles. The summed E-state index contributed by atoms with van der Waals surface area (Å²) in [5, 5.41) is 12.9. The van der Waals surface area contributed by atoms with Gasteiger partial charge in [0.15, 0.2) is 0 Å². The molecule has 0 saturated carbocycles. The number of ketones is 1. The van der Waals surface area contributed by atoms with Crippen molar-refractivity contribution in [2.24, 2.45) is 14.1 Å². The molecule has 2 aromatic heterocycles. The maximum Gasteiger partial charge on any atom is 0.212 e. The maximum atomic E-state index is 13.9. The van der Waals surface area contributed by atoms with Crippen molar-refractivity contribution in [3.63, 3.8) is 0 Å². The number of phenolic OH excluding ortho intramolecular Hbond substituents is 1. The van der Waals surface area contributed by atoms with Crippen molar-refractivity contribution >= 4 is 39.2 Å². The number of nitrogens with zero attached hydrogens (tertiary/aromatic N) is 2. The fourth-order valence-corrected chi connectivity index (χ4v) is 4.46. The third-order valence-corrected chi connectivity index (χ3v) is 5.93. The number of aromatic nitrogens is 2. The number of phenols is 1. The molecule has 0 aliphatic heterocycles. The van der Waals surface area contributed by atoms with E-state index in [0.29, 0.717) is 27.4 Å². The topological polar surface area (TPSA) is 47.2 Å². The predicted octanol–water partition coefficient (Wildman–Crippen LogP) is 5.93. The predicted molar refractivity (Wildman–Crippen MR) is 121 cm³/mol. The molecule has 5 rings (SSSR count). The standard InChI is InChI=1S/C25H19ClN2O2/c1-27-14-19(16-7-3-5-9-20(16)27)25(30)24-23(18-13-15(26)11-12-22(18)29)17-8-4-6-10-21(17)28(24)2/h3-14,29H,1-2H3. The number of aromatic hydroxyl groups is 1. The van der Waals surface area contributed by atoms with Crippen molar-refractivity contribution in [3.05, 3.63) is 89.2 Å². The number of hydrogen-bond donors (Lipinski definition) is 1. The Balaban J connectivity index is 1.86. The van der Waals surface area contributed by atoms with E-state index in [2.05, 4.69) is 0 Å². The normalized spacial score (nSPS) is 11.4. The van der Waals surface area contributed by atoms with E-state index in [1.165, 1.54) is 0 Å². The van der Waals surface area contributed by atoms with Gasteiger partial charge in [-0.2, -0.15) is 0 Å². The molecule has 5 aromatic rings. The lowest BCUT2D eigenvalue weighted by Crippen LogP contribution is -2.08. The molecule has 148 valence electrons. The van der Waals surface area contributed by atoms with Gasteiger partial charge in [0.25, 0.3) is 0 Å². The van der Waals surface area contributed by atoms with Crippen LogP contribution in [0.15, 0.2) is 72.9 Å². The first-order valence-electron chi connectivity index (χ1n) is 9.62. The second-order valence-electron chi connectivity index (χ2n) is 7.46. The van der Waals surface area contributed by atoms with Crippen LogP contribution in [0.5, 0.6) is 5.75 Å². The Kier molecular flexibility index (Phi) is 4.19. The number of para-hydroxylation sites is 2. The van der Waals surface area contributed by atoms with Gasteiger partial charge in [0.1, 0.15) is 5.75 Å². The molecule has 1 N–H and O–H groups in total. The van der Waals surface area contributed by atoms with Crippen LogP contribution in [-0.2, 0) is 14.1 Å². The third kappa shape index (κ3) is 2.65. The molecule has 30 heavy (non-hydrogen) atoms. The molecule has 0 radical (unpaired) electrons. The van der Waals surface area contributed by atoms with Gasteiger partial charge in [-0.3, -0.25) is 4.79 Å². The van der Waals surface area contributed by atoms with Gasteiger partial charge < -0.3 is 14.2 Å². The largest absolute Gasteiger partial charge is 0.507 e. The van der Waals surface area contributed by atoms with Gasteiger partial charge in [-0.1, -0.05) is 48.0 Å². The quantitative estimate of drug-likeness (QED) is 0.372. The molecule has 0 aliphatic carbocycles. The van der Waals surface area contributed by atoms with Crippen molar-refractivity contribution < 1.29 is 9.90 Å². The van der Waals surface area contributed by atoms with Gasteiger partial charge in [0.2, 0.25) is 5.78 Å². The van der Waals surface area contributed by atoms with Crippen molar-refractivity contribution in [3.8, 4) is 16.9 Å². The van der Waals surface area contributed by atoms with Crippen molar-refractivity contribution in [2.45, 2.75) is 0 Å². The first-order chi connectivity index (χ1) is 14.5. The van der Waals surface area contributed by atoms with Gasteiger partial charge in [0, 0.05) is 63.8 Å². The Morgan fingerprint density at radius 3 is 2.33 bits per heavy atom. The van der Waals surface area contributed by atoms with Crippen LogP contribution in [0.4, 0.5) is 0 Å². The lowest BCUT2D eigenvalue weighted by atomic mass is 9.96. The van der Waals surface area contributed by atoms with Crippen molar-refractivity contribution in [1.82, 2.24) is 9.13 Å². The number of benzene rings is 3. The monoisotopic (exact) mass is 414 g/mol. The Morgan fingerprint density at radius 1 is 0.900 bits per heavy atom. The zero-order chi connectivity index (χ0) is 21.0. The van der Waals surface area contributed by atoms with Crippen LogP contribution in [0.3, 0.4) is 0 Å². The summed E-state index contributed by atoms with van der Waals surface area (Å²) in [7, 11) is 3.82. The summed E-state index contributed by atoms with van der Waals surface area (Å²) in [6, 6.07) is 20.6. The van der Waals surface area contributed by atoms with Crippen LogP contribution in [0.2, 0.25) is 5.02 Å². The van der Waals surface area contributed by atoms with Crippen LogP contribution in [0, 0.1) is 0 Å². The molecule has 0 spiro atoms. The molecule has 4 nitrogen and oxygen atoms in total. The molecule has 0 amide bonds. The molecule has 0 bridgehead atoms. The average molecular weight is 415 g/mol. The lowest BCUT2D eigenvalue weighted by Gasteiger charge is -2.09. The Hall–Kier alpha value is -3.50. The molecular weight excluding hydrogens is 396 g/mol. The van der Waals surface area contributed by atoms with Gasteiger partial charge in [-0.15, -0.1) is 0 Å². The fraction of sp³-hybridized carbons (Fsp3) is 0.0800. The molecule has 0 saturated heterocycles. The minimum absolute atomic E-state index is 0.0859. The van der Waals surface area contributed by atoms with Gasteiger partial charge >= 0.3 is 0 Å². The third-order valence-electron chi connectivity index (χ3n) is 5.69. The highest BCUT2D eigenvalue weighted by molar-refractivity contribution is 6.31. The molecule has 0 aliphatic rings. The lowest BCUT2D eigenvalue weighted by molar-refractivity contribution is 0.103. The van der Waals surface area contributed by atoms with Crippen molar-refractivity contribution in [1.29, 1.82) is 0 Å². The highest BCUT2D eigenvalue weighted by Crippen LogP contribution is 2.41. The highest BCUT2D eigenvalue weighted by Gasteiger charge is 2.26. The van der Waals surface area contributed by atoms with E-state index in [-0.39, 0.29) is 11.5 Å². The molecule has 2 heterocycles. The minimum atomic E-state index is -0.0973. The second-order valence-corrected chi connectivity index (χ2v) is 7.90. The number of fused-ring (bicyclic) bond motifs is 2. The molecule has 0 unspecified atom stereocenters. The van der Waals surface area contributed by atoms with E-state index in [4.69, 9.17) is 11.6 Å². The molecule has 0 fully saturated rings. The van der Waals surface area contributed by atoms with E-state index in [1.807, 2.05) is 78.0 Å². The van der Waals surface area contributed by atoms with E-state index >= 15 is 0 Å². The summed E-state index contributed by atoms with van der Waals surface area (Å²) < 4.78 is 3.86. The zero-order valence-electron chi connectivity index (χ0n) is 16.6. The number of halogens is 1. The first kappa shape index (κ1) is 18.5. The van der Waals surface area contributed by atoms with Crippen LogP contribution in [-0.4, -0.2) is 20.0 Å². The van der Waals surface area contributed by atoms with Crippen LogP contribution in [0.25, 0.3) is 32.9 Å². The highest BCUT2D eigenvalue weighted by atomic mass is 35.5. The number of hydrogen-bond acceptors (Lipinski definition) is 2. The minimum Gasteiger partial charge on any atom is -0.507 e. The number of carbonyl (C=O) groups excluding carboxylic acids is 1. The van der Waals surface area contributed by atoms with E-state index in [1.54, 1.807) is 18.2 Å². The van der Waals surface area contributed by atoms with E-state index in [0.717, 1.165) is 21.8 Å². The summed E-state index contributed by atoms with van der Waals surface area (Å²) in [5.41, 5.74) is 4.28. The SMILES string of the molecule is Cn1cc(C(=O)c2c(-c3cc(Cl)ccc3O)c3ccccc3n2C)c2ccccc21. The zero-order valence-corrected chi connectivity index (χ0v) is 17.3. The summed E-state index contributed by atoms with van der Waals surface area (Å²) >= 11 is 6.25. The Morgan fingerprint density at radius 2 is 1.57 bits per heavy atom. The van der Waals surface area contributed by atoms with Crippen LogP contribution in [0.1, 0.15) is 16.1 Å². The number of carbonyl (C=O) groups is 1. The summed E-state index contributed by atoms with van der Waals surface area (Å²) in [6.45, 7) is 0.